The summed E-state index contributed by atoms with van der Waals surface area (Å²) in [6.07, 6.45) is -0.958. The average Bonchev–Trinajstić information content (AvgIpc) is 2.15. The monoisotopic (exact) mass is 126 g/mol. The molecule has 1 unspecified atom stereocenters. The van der Waals surface area contributed by atoms with E-state index in [-0.39, 0.29) is 6.61 Å². The van der Waals surface area contributed by atoms with E-state index in [1.54, 1.807) is 0 Å². The Balaban J connectivity index is 2.50. The van der Waals surface area contributed by atoms with Crippen molar-refractivity contribution < 1.29 is 14.6 Å². The summed E-state index contributed by atoms with van der Waals surface area (Å²) in [5, 5.41) is 8.98. The van der Waals surface area contributed by atoms with E-state index >= 15 is 0 Å². The lowest BCUT2D eigenvalue weighted by atomic mass is 9.83. The first-order chi connectivity index (χ1) is 4.25. The Bertz CT molecular complexity index is 117. The van der Waals surface area contributed by atoms with Gasteiger partial charge in [-0.3, -0.25) is 0 Å². The third-order valence-corrected chi connectivity index (χ3v) is 1.39. The van der Waals surface area contributed by atoms with Gasteiger partial charge in [-0.1, -0.05) is 0 Å². The molecular formula is C5H7BO3. The van der Waals surface area contributed by atoms with Crippen LogP contribution in [0.25, 0.3) is 0 Å². The molecule has 1 N–H and O–H groups in total. The van der Waals surface area contributed by atoms with Gasteiger partial charge in [-0.25, -0.2) is 0 Å². The largest absolute Gasteiger partial charge is 0.390 e. The maximum atomic E-state index is 10.0. The number of aldehydes is 1. The summed E-state index contributed by atoms with van der Waals surface area (Å²) < 4.78 is 4.78. The SMILES string of the molecule is [B][C@@H]1CO[C@H](C=O)C1O. The highest BCUT2D eigenvalue weighted by atomic mass is 16.5. The zero-order valence-corrected chi connectivity index (χ0v) is 4.86. The molecule has 0 spiro atoms. The van der Waals surface area contributed by atoms with Gasteiger partial charge in [-0.05, 0) is 5.82 Å². The zero-order valence-electron chi connectivity index (χ0n) is 4.86. The molecule has 0 bridgehead atoms. The number of rotatable bonds is 1. The van der Waals surface area contributed by atoms with E-state index in [1.165, 1.54) is 0 Å². The Hall–Kier alpha value is -0.345. The molecule has 1 rings (SSSR count). The molecule has 1 heterocycles. The fourth-order valence-corrected chi connectivity index (χ4v) is 0.783. The minimum absolute atomic E-state index is 0.268. The minimum atomic E-state index is -0.817. The van der Waals surface area contributed by atoms with Crippen LogP contribution in [0.15, 0.2) is 0 Å². The Labute approximate surface area is 54.4 Å². The van der Waals surface area contributed by atoms with Crippen molar-refractivity contribution in [1.82, 2.24) is 0 Å². The quantitative estimate of drug-likeness (QED) is 0.358. The molecule has 0 aromatic rings. The molecule has 1 aliphatic heterocycles. The zero-order chi connectivity index (χ0) is 6.85. The van der Waals surface area contributed by atoms with Gasteiger partial charge in [0.1, 0.15) is 6.10 Å². The summed E-state index contributed by atoms with van der Waals surface area (Å²) in [5.41, 5.74) is 0. The Morgan fingerprint density at radius 3 is 2.67 bits per heavy atom. The van der Waals surface area contributed by atoms with Crippen molar-refractivity contribution in [2.45, 2.75) is 18.0 Å². The van der Waals surface area contributed by atoms with Gasteiger partial charge in [0.15, 0.2) is 6.29 Å². The first-order valence-corrected chi connectivity index (χ1v) is 2.76. The fraction of sp³-hybridized carbons (Fsp3) is 0.800. The molecule has 1 saturated heterocycles. The van der Waals surface area contributed by atoms with Gasteiger partial charge in [-0.15, -0.1) is 0 Å². The lowest BCUT2D eigenvalue weighted by molar-refractivity contribution is -0.118. The van der Waals surface area contributed by atoms with Crippen molar-refractivity contribution in [3.8, 4) is 0 Å². The van der Waals surface area contributed by atoms with Gasteiger partial charge >= 0.3 is 0 Å². The predicted molar refractivity (Wildman–Crippen MR) is 31.3 cm³/mol. The van der Waals surface area contributed by atoms with Crippen molar-refractivity contribution in [2.24, 2.45) is 0 Å². The molecule has 0 aromatic heterocycles. The first kappa shape index (κ1) is 6.77. The molecule has 0 aromatic carbocycles. The van der Waals surface area contributed by atoms with Crippen molar-refractivity contribution in [3.05, 3.63) is 0 Å². The number of aliphatic hydroxyl groups excluding tert-OH is 1. The van der Waals surface area contributed by atoms with Gasteiger partial charge in [0.05, 0.1) is 14.0 Å². The van der Waals surface area contributed by atoms with Crippen LogP contribution >= 0.6 is 0 Å². The Kier molecular flexibility index (Phi) is 1.88. The molecule has 1 fully saturated rings. The van der Waals surface area contributed by atoms with Crippen LogP contribution < -0.4 is 0 Å². The lowest BCUT2D eigenvalue weighted by Crippen LogP contribution is -2.24. The third kappa shape index (κ3) is 1.14. The summed E-state index contributed by atoms with van der Waals surface area (Å²) >= 11 is 0. The van der Waals surface area contributed by atoms with Crippen LogP contribution in [0.4, 0.5) is 0 Å². The number of aliphatic hydroxyl groups is 1. The summed E-state index contributed by atoms with van der Waals surface area (Å²) in [7, 11) is 5.31. The summed E-state index contributed by atoms with van der Waals surface area (Å²) in [5.74, 6) is -0.403. The maximum absolute atomic E-state index is 10.0. The second-order valence-corrected chi connectivity index (χ2v) is 2.09. The highest BCUT2D eigenvalue weighted by Crippen LogP contribution is 2.20. The predicted octanol–water partition coefficient (Wildman–Crippen LogP) is -1.10. The second kappa shape index (κ2) is 2.50. The van der Waals surface area contributed by atoms with Gasteiger partial charge in [0.2, 0.25) is 0 Å². The molecular weight excluding hydrogens is 119 g/mol. The van der Waals surface area contributed by atoms with E-state index in [4.69, 9.17) is 17.7 Å². The smallest absolute Gasteiger partial charge is 0.151 e. The van der Waals surface area contributed by atoms with Gasteiger partial charge in [-0.2, -0.15) is 0 Å². The number of carbonyl (C=O) groups excluding carboxylic acids is 1. The van der Waals surface area contributed by atoms with E-state index in [2.05, 4.69) is 0 Å². The van der Waals surface area contributed by atoms with Crippen LogP contribution in [0.5, 0.6) is 0 Å². The molecule has 0 saturated carbocycles. The lowest BCUT2D eigenvalue weighted by Gasteiger charge is -2.07. The average molecular weight is 126 g/mol. The Morgan fingerprint density at radius 2 is 2.44 bits per heavy atom. The second-order valence-electron chi connectivity index (χ2n) is 2.09. The molecule has 48 valence electrons. The molecule has 9 heavy (non-hydrogen) atoms. The highest BCUT2D eigenvalue weighted by Gasteiger charge is 2.31. The normalized spacial score (nSPS) is 43.0. The molecule has 2 radical (unpaired) electrons. The number of hydrogen-bond acceptors (Lipinski definition) is 3. The minimum Gasteiger partial charge on any atom is -0.390 e. The first-order valence-electron chi connectivity index (χ1n) is 2.76. The van der Waals surface area contributed by atoms with Crippen molar-refractivity contribution in [3.63, 3.8) is 0 Å². The summed E-state index contributed by atoms with van der Waals surface area (Å²) in [6.45, 7) is 0.268. The number of ether oxygens (including phenoxy) is 1. The number of carbonyl (C=O) groups is 1. The molecule has 0 aliphatic carbocycles. The van der Waals surface area contributed by atoms with Crippen LogP contribution in [-0.2, 0) is 9.53 Å². The fourth-order valence-electron chi connectivity index (χ4n) is 0.783. The number of hydrogen-bond donors (Lipinski definition) is 1. The van der Waals surface area contributed by atoms with Crippen molar-refractivity contribution >= 4 is 14.1 Å². The van der Waals surface area contributed by atoms with Gasteiger partial charge in [0.25, 0.3) is 0 Å². The molecule has 3 atom stereocenters. The van der Waals surface area contributed by atoms with Crippen molar-refractivity contribution in [1.29, 1.82) is 0 Å². The van der Waals surface area contributed by atoms with E-state index < -0.39 is 18.0 Å². The van der Waals surface area contributed by atoms with Crippen LogP contribution in [-0.4, -0.2) is 38.1 Å². The topological polar surface area (TPSA) is 46.5 Å². The molecule has 0 amide bonds. The summed E-state index contributed by atoms with van der Waals surface area (Å²) in [6, 6.07) is 0. The summed E-state index contributed by atoms with van der Waals surface area (Å²) in [4.78, 5) is 10.0. The van der Waals surface area contributed by atoms with Crippen LogP contribution in [0, 0.1) is 0 Å². The van der Waals surface area contributed by atoms with Crippen LogP contribution in [0.3, 0.4) is 0 Å². The molecule has 1 aliphatic rings. The van der Waals surface area contributed by atoms with Crippen molar-refractivity contribution in [2.75, 3.05) is 6.61 Å². The van der Waals surface area contributed by atoms with Gasteiger partial charge in [0, 0.05) is 6.61 Å². The van der Waals surface area contributed by atoms with Crippen LogP contribution in [0.2, 0.25) is 5.82 Å². The van der Waals surface area contributed by atoms with E-state index in [0.29, 0.717) is 6.29 Å². The maximum Gasteiger partial charge on any atom is 0.151 e. The molecule has 3 nitrogen and oxygen atoms in total. The highest BCUT2D eigenvalue weighted by molar-refractivity contribution is 6.12. The van der Waals surface area contributed by atoms with E-state index in [9.17, 15) is 4.79 Å². The molecule has 4 heteroatoms. The van der Waals surface area contributed by atoms with E-state index in [0.717, 1.165) is 0 Å². The van der Waals surface area contributed by atoms with Gasteiger partial charge < -0.3 is 14.6 Å². The standard InChI is InChI=1S/C5H7BO3/c6-3-2-9-4(1-7)5(3)8/h1,3-5,8H,2H2/t3-,4-,5?/m1/s1. The Morgan fingerprint density at radius 1 is 1.78 bits per heavy atom. The van der Waals surface area contributed by atoms with E-state index in [1.807, 2.05) is 0 Å². The van der Waals surface area contributed by atoms with Crippen LogP contribution in [0.1, 0.15) is 0 Å². The third-order valence-electron chi connectivity index (χ3n) is 1.39.